The van der Waals surface area contributed by atoms with E-state index in [1.54, 1.807) is 12.7 Å². The van der Waals surface area contributed by atoms with Crippen LogP contribution in [0.15, 0.2) is 49.2 Å². The van der Waals surface area contributed by atoms with Gasteiger partial charge in [0.25, 0.3) is 5.91 Å². The van der Waals surface area contributed by atoms with Crippen LogP contribution in [0.3, 0.4) is 0 Å². The van der Waals surface area contributed by atoms with Crippen LogP contribution in [0, 0.1) is 11.8 Å². The summed E-state index contributed by atoms with van der Waals surface area (Å²) in [6, 6.07) is 10.1. The van der Waals surface area contributed by atoms with Gasteiger partial charge in [-0.2, -0.15) is 15.4 Å². The van der Waals surface area contributed by atoms with Gasteiger partial charge >= 0.3 is 0 Å². The summed E-state index contributed by atoms with van der Waals surface area (Å²) in [5, 5.41) is 17.7. The number of carbonyl (C=O) groups excluding carboxylic acids is 2. The van der Waals surface area contributed by atoms with Crippen molar-refractivity contribution in [1.29, 1.82) is 0 Å². The number of amides is 2. The molecule has 5 rings (SSSR count). The van der Waals surface area contributed by atoms with Crippen LogP contribution in [0.25, 0.3) is 0 Å². The number of hydrogen-bond donors (Lipinski definition) is 1. The number of nitrogens with one attached hydrogen (secondary N) is 1. The highest BCUT2D eigenvalue weighted by Crippen LogP contribution is 2.45. The highest BCUT2D eigenvalue weighted by atomic mass is 16.2. The molecule has 4 heterocycles. The average molecular weight is 406 g/mol. The van der Waals surface area contributed by atoms with Gasteiger partial charge < -0.3 is 14.4 Å². The van der Waals surface area contributed by atoms with Crippen molar-refractivity contribution in [1.82, 2.24) is 40.0 Å². The largest absolute Gasteiger partial charge is 0.336 e. The fraction of sp³-hybridized carbons (Fsp3) is 0.400. The lowest BCUT2D eigenvalue weighted by Gasteiger charge is -2.30. The van der Waals surface area contributed by atoms with Crippen LogP contribution in [0.1, 0.15) is 28.5 Å². The highest BCUT2D eigenvalue weighted by molar-refractivity contribution is 5.92. The molecular formula is C20H22N8O2. The zero-order valence-electron chi connectivity index (χ0n) is 16.3. The van der Waals surface area contributed by atoms with E-state index in [9.17, 15) is 9.59 Å². The van der Waals surface area contributed by atoms with Crippen LogP contribution in [0.5, 0.6) is 0 Å². The van der Waals surface area contributed by atoms with E-state index in [1.807, 2.05) is 32.6 Å². The molecular weight excluding hydrogens is 384 g/mol. The van der Waals surface area contributed by atoms with Crippen LogP contribution < -0.4 is 0 Å². The van der Waals surface area contributed by atoms with Gasteiger partial charge in [-0.15, -0.1) is 10.2 Å². The quantitative estimate of drug-likeness (QED) is 0.669. The number of aromatic nitrogens is 6. The van der Waals surface area contributed by atoms with Crippen LogP contribution in [-0.2, 0) is 11.3 Å². The maximum atomic E-state index is 13.1. The van der Waals surface area contributed by atoms with Gasteiger partial charge in [0.1, 0.15) is 12.7 Å². The summed E-state index contributed by atoms with van der Waals surface area (Å²) in [6.07, 6.45) is 5.08. The number of benzene rings is 1. The maximum absolute atomic E-state index is 13.1. The SMILES string of the molecule is O=C(c1cn[nH]n1)N1C[C@H]2CN(C(=O)CCn3cnnc3)[C@H](c3ccccc3)[C@H]2C1. The number of likely N-dealkylation sites (tertiary alicyclic amines) is 2. The first-order valence-corrected chi connectivity index (χ1v) is 10.0. The zero-order valence-corrected chi connectivity index (χ0v) is 16.3. The van der Waals surface area contributed by atoms with Crippen molar-refractivity contribution in [2.24, 2.45) is 11.8 Å². The molecule has 3 atom stereocenters. The first-order valence-electron chi connectivity index (χ1n) is 10.0. The van der Waals surface area contributed by atoms with Crippen LogP contribution in [0.2, 0.25) is 0 Å². The minimum Gasteiger partial charge on any atom is -0.336 e. The Bertz CT molecular complexity index is 1000. The molecule has 0 radical (unpaired) electrons. The van der Waals surface area contributed by atoms with Crippen molar-refractivity contribution >= 4 is 11.8 Å². The van der Waals surface area contributed by atoms with Gasteiger partial charge in [-0.1, -0.05) is 30.3 Å². The normalized spacial score (nSPS) is 23.0. The Morgan fingerprint density at radius 1 is 1.07 bits per heavy atom. The molecule has 2 aliphatic heterocycles. The molecule has 2 aliphatic rings. The molecule has 0 aliphatic carbocycles. The first-order chi connectivity index (χ1) is 14.7. The van der Waals surface area contributed by atoms with E-state index in [0.717, 1.165) is 5.56 Å². The molecule has 2 amide bonds. The van der Waals surface area contributed by atoms with E-state index in [-0.39, 0.29) is 29.7 Å². The summed E-state index contributed by atoms with van der Waals surface area (Å²) in [5.41, 5.74) is 1.44. The van der Waals surface area contributed by atoms with Gasteiger partial charge in [-0.05, 0) is 5.56 Å². The molecule has 0 spiro atoms. The summed E-state index contributed by atoms with van der Waals surface area (Å²) in [7, 11) is 0. The van der Waals surface area contributed by atoms with Crippen molar-refractivity contribution < 1.29 is 9.59 Å². The van der Waals surface area contributed by atoms with E-state index in [0.29, 0.717) is 38.3 Å². The standard InChI is InChI=1S/C20H22N8O2/c29-18(6-7-26-12-22-23-13-26)28-10-15-9-27(20(30)17-8-21-25-24-17)11-16(15)19(28)14-4-2-1-3-5-14/h1-5,8,12-13,15-16,19H,6-7,9-11H2,(H,21,24,25)/t15-,16-,19+/m0/s1. The molecule has 2 saturated heterocycles. The van der Waals surface area contributed by atoms with Gasteiger partial charge in [0, 0.05) is 44.4 Å². The Hall–Kier alpha value is -3.56. The first kappa shape index (κ1) is 18.5. The molecule has 1 N–H and O–H groups in total. The van der Waals surface area contributed by atoms with Crippen molar-refractivity contribution in [3.63, 3.8) is 0 Å². The summed E-state index contributed by atoms with van der Waals surface area (Å²) in [5.74, 6) is 0.434. The monoisotopic (exact) mass is 406 g/mol. The summed E-state index contributed by atoms with van der Waals surface area (Å²) in [4.78, 5) is 29.7. The van der Waals surface area contributed by atoms with Crippen LogP contribution in [0.4, 0.5) is 0 Å². The third-order valence-electron chi connectivity index (χ3n) is 6.10. The minimum atomic E-state index is -0.115. The predicted octanol–water partition coefficient (Wildman–Crippen LogP) is 0.758. The van der Waals surface area contributed by atoms with Crippen LogP contribution in [-0.4, -0.2) is 71.4 Å². The summed E-state index contributed by atoms with van der Waals surface area (Å²) in [6.45, 7) is 2.42. The van der Waals surface area contributed by atoms with Gasteiger partial charge in [0.15, 0.2) is 5.69 Å². The fourth-order valence-corrected chi connectivity index (χ4v) is 4.72. The second kappa shape index (κ2) is 7.69. The van der Waals surface area contributed by atoms with E-state index >= 15 is 0 Å². The van der Waals surface area contributed by atoms with Gasteiger partial charge in [0.2, 0.25) is 5.91 Å². The highest BCUT2D eigenvalue weighted by Gasteiger charge is 2.50. The number of nitrogens with zero attached hydrogens (tertiary/aromatic N) is 7. The number of rotatable bonds is 5. The van der Waals surface area contributed by atoms with Crippen molar-refractivity contribution in [2.45, 2.75) is 19.0 Å². The van der Waals surface area contributed by atoms with Crippen LogP contribution >= 0.6 is 0 Å². The van der Waals surface area contributed by atoms with Gasteiger partial charge in [-0.3, -0.25) is 9.59 Å². The Morgan fingerprint density at radius 2 is 1.87 bits per heavy atom. The van der Waals surface area contributed by atoms with Gasteiger partial charge in [-0.25, -0.2) is 0 Å². The third-order valence-corrected chi connectivity index (χ3v) is 6.10. The smallest absolute Gasteiger partial charge is 0.276 e. The van der Waals surface area contributed by atoms with E-state index in [2.05, 4.69) is 37.7 Å². The lowest BCUT2D eigenvalue weighted by molar-refractivity contribution is -0.133. The summed E-state index contributed by atoms with van der Waals surface area (Å²) < 4.78 is 1.81. The molecule has 10 heteroatoms. The molecule has 10 nitrogen and oxygen atoms in total. The topological polar surface area (TPSA) is 113 Å². The Kier molecular flexibility index (Phi) is 4.74. The molecule has 2 aromatic heterocycles. The van der Waals surface area contributed by atoms with E-state index in [1.165, 1.54) is 6.20 Å². The molecule has 154 valence electrons. The van der Waals surface area contributed by atoms with Crippen molar-refractivity contribution in [2.75, 3.05) is 19.6 Å². The third kappa shape index (κ3) is 3.34. The Morgan fingerprint density at radius 3 is 2.60 bits per heavy atom. The number of aryl methyl sites for hydroxylation is 1. The second-order valence-corrected chi connectivity index (χ2v) is 7.84. The number of H-pyrrole nitrogens is 1. The number of carbonyl (C=O) groups is 2. The summed E-state index contributed by atoms with van der Waals surface area (Å²) >= 11 is 0. The van der Waals surface area contributed by atoms with E-state index < -0.39 is 0 Å². The second-order valence-electron chi connectivity index (χ2n) is 7.84. The number of hydrogen-bond acceptors (Lipinski definition) is 6. The molecule has 2 fully saturated rings. The van der Waals surface area contributed by atoms with Crippen molar-refractivity contribution in [3.8, 4) is 0 Å². The van der Waals surface area contributed by atoms with E-state index in [4.69, 9.17) is 0 Å². The van der Waals surface area contributed by atoms with Crippen molar-refractivity contribution in [3.05, 3.63) is 60.4 Å². The number of fused-ring (bicyclic) bond motifs is 1. The Labute approximate surface area is 172 Å². The minimum absolute atomic E-state index is 0.0419. The van der Waals surface area contributed by atoms with Gasteiger partial charge in [0.05, 0.1) is 12.2 Å². The molecule has 0 bridgehead atoms. The molecule has 30 heavy (non-hydrogen) atoms. The predicted molar refractivity (Wildman–Crippen MR) is 105 cm³/mol. The zero-order chi connectivity index (χ0) is 20.5. The average Bonchev–Trinajstić information content (AvgIpc) is 3.56. The number of aromatic amines is 1. The molecule has 0 saturated carbocycles. The fourth-order valence-electron chi connectivity index (χ4n) is 4.72. The Balaban J connectivity index is 1.35. The lowest BCUT2D eigenvalue weighted by atomic mass is 9.89. The lowest BCUT2D eigenvalue weighted by Crippen LogP contribution is -2.37. The molecule has 3 aromatic rings. The molecule has 0 unspecified atom stereocenters. The maximum Gasteiger partial charge on any atom is 0.276 e. The molecule has 1 aromatic carbocycles.